The van der Waals surface area contributed by atoms with Gasteiger partial charge in [-0.15, -0.1) is 0 Å². The summed E-state index contributed by atoms with van der Waals surface area (Å²) in [6.07, 6.45) is 0. The van der Waals surface area contributed by atoms with Gasteiger partial charge in [-0.25, -0.2) is 0 Å². The second-order valence-corrected chi connectivity index (χ2v) is 5.19. The summed E-state index contributed by atoms with van der Waals surface area (Å²) in [6.45, 7) is 11.6. The first-order valence-electron chi connectivity index (χ1n) is 9.30. The molecule has 0 rings (SSSR count). The molecular formula is C18H42FeN4O12. The average molecular weight is 562 g/mol. The smallest absolute Gasteiger partial charge is 0.300 e. The number of carboxylic acids is 6. The molecule has 0 spiro atoms. The van der Waals surface area contributed by atoms with Crippen molar-refractivity contribution < 1.29 is 76.5 Å². The molecule has 0 fully saturated rings. The molecule has 0 atom stereocenters. The number of nitrogens with two attached hydrogens (primary N) is 2. The van der Waals surface area contributed by atoms with Gasteiger partial charge in [0, 0.05) is 97.9 Å². The molecular weight excluding hydrogens is 520 g/mol. The van der Waals surface area contributed by atoms with Crippen LogP contribution in [0.1, 0.15) is 41.5 Å². The monoisotopic (exact) mass is 562 g/mol. The van der Waals surface area contributed by atoms with E-state index in [1.165, 1.54) is 0 Å². The largest absolute Gasteiger partial charge is 0.481 e. The number of rotatable bonds is 7. The van der Waals surface area contributed by atoms with Crippen LogP contribution in [0.3, 0.4) is 0 Å². The van der Waals surface area contributed by atoms with E-state index in [1.807, 2.05) is 0 Å². The summed E-state index contributed by atoms with van der Waals surface area (Å²) in [6, 6.07) is 0. The molecule has 214 valence electrons. The van der Waals surface area contributed by atoms with Crippen LogP contribution in [0.5, 0.6) is 0 Å². The molecule has 0 unspecified atom stereocenters. The number of hydrogen-bond acceptors (Lipinski definition) is 10. The Labute approximate surface area is 215 Å². The maximum atomic E-state index is 9.00. The first-order chi connectivity index (χ1) is 15.3. The molecule has 0 saturated carbocycles. The van der Waals surface area contributed by atoms with E-state index in [9.17, 15) is 0 Å². The first-order valence-corrected chi connectivity index (χ1v) is 9.30. The predicted octanol–water partition coefficient (Wildman–Crippen LogP) is -1.37. The van der Waals surface area contributed by atoms with Gasteiger partial charge in [-0.05, 0) is 0 Å². The molecule has 0 bridgehead atoms. The van der Waals surface area contributed by atoms with Gasteiger partial charge in [0.15, 0.2) is 0 Å². The maximum absolute atomic E-state index is 9.00. The third-order valence-electron chi connectivity index (χ3n) is 1.12. The van der Waals surface area contributed by atoms with Crippen molar-refractivity contribution in [1.29, 1.82) is 0 Å². The minimum absolute atomic E-state index is 0. The fourth-order valence-electron chi connectivity index (χ4n) is 0.631. The van der Waals surface area contributed by atoms with Crippen molar-refractivity contribution in [3.63, 3.8) is 0 Å². The Kier molecular flexibility index (Phi) is 80.8. The fourth-order valence-corrected chi connectivity index (χ4v) is 0.631. The number of aliphatic carboxylic acids is 6. The van der Waals surface area contributed by atoms with Crippen LogP contribution in [0.4, 0.5) is 0 Å². The Hall–Kier alpha value is -2.82. The summed E-state index contributed by atoms with van der Waals surface area (Å²) in [5.74, 6) is -5.00. The summed E-state index contributed by atoms with van der Waals surface area (Å²) in [7, 11) is 0. The standard InChI is InChI=1S/C6H18N4.6C2H4O2.Fe/c7-1-3-9-5-6-10-4-2-8;6*1-2(3)4;/h9-10H,1-8H2;6*1H3,(H,3,4);. The second kappa shape index (κ2) is 52.9. The van der Waals surface area contributed by atoms with E-state index in [4.69, 9.17) is 70.9 Å². The normalized spacial score (nSPS) is 7.20. The predicted molar refractivity (Wildman–Crippen MR) is 124 cm³/mol. The van der Waals surface area contributed by atoms with Gasteiger partial charge in [-0.3, -0.25) is 28.8 Å². The molecule has 0 aliphatic heterocycles. The zero-order valence-electron chi connectivity index (χ0n) is 20.9. The maximum Gasteiger partial charge on any atom is 0.300 e. The van der Waals surface area contributed by atoms with Crippen LogP contribution in [0.25, 0.3) is 0 Å². The van der Waals surface area contributed by atoms with Crippen molar-refractivity contribution in [2.45, 2.75) is 41.5 Å². The number of carboxylic acid groups (broad SMARTS) is 6. The van der Waals surface area contributed by atoms with Crippen LogP contribution in [-0.4, -0.2) is 106 Å². The van der Waals surface area contributed by atoms with Crippen LogP contribution in [0.15, 0.2) is 0 Å². The topological polar surface area (TPSA) is 300 Å². The van der Waals surface area contributed by atoms with Crippen molar-refractivity contribution in [3.05, 3.63) is 0 Å². The Bertz CT molecular complexity index is 385. The molecule has 0 saturated heterocycles. The molecule has 0 radical (unpaired) electrons. The van der Waals surface area contributed by atoms with Crippen LogP contribution in [-0.2, 0) is 45.8 Å². The first kappa shape index (κ1) is 53.5. The van der Waals surface area contributed by atoms with Crippen LogP contribution in [0.2, 0.25) is 0 Å². The Morgan fingerprint density at radius 2 is 0.571 bits per heavy atom. The van der Waals surface area contributed by atoms with Gasteiger partial charge >= 0.3 is 0 Å². The SMILES string of the molecule is CC(=O)O.CC(=O)O.CC(=O)O.CC(=O)O.CC(=O)O.CC(=O)O.NCCNCCNCCN.[Fe]. The minimum Gasteiger partial charge on any atom is -0.481 e. The van der Waals surface area contributed by atoms with E-state index >= 15 is 0 Å². The third-order valence-corrected chi connectivity index (χ3v) is 1.12. The van der Waals surface area contributed by atoms with E-state index in [0.717, 1.165) is 67.7 Å². The molecule has 0 aromatic rings. The van der Waals surface area contributed by atoms with Crippen LogP contribution in [0, 0.1) is 0 Å². The van der Waals surface area contributed by atoms with Gasteiger partial charge in [0.2, 0.25) is 0 Å². The molecule has 0 amide bonds. The zero-order chi connectivity index (χ0) is 29.1. The van der Waals surface area contributed by atoms with E-state index in [1.54, 1.807) is 0 Å². The summed E-state index contributed by atoms with van der Waals surface area (Å²) >= 11 is 0. The molecule has 0 heterocycles. The summed E-state index contributed by atoms with van der Waals surface area (Å²) in [5.41, 5.74) is 10.5. The molecule has 17 heteroatoms. The number of nitrogens with one attached hydrogen (secondary N) is 2. The number of carbonyl (C=O) groups is 6. The molecule has 0 aliphatic rings. The van der Waals surface area contributed by atoms with E-state index in [-0.39, 0.29) is 17.1 Å². The van der Waals surface area contributed by atoms with Crippen molar-refractivity contribution >= 4 is 35.8 Å². The third kappa shape index (κ3) is 1520. The van der Waals surface area contributed by atoms with Crippen molar-refractivity contribution in [3.8, 4) is 0 Å². The molecule has 16 nitrogen and oxygen atoms in total. The molecule has 0 aromatic carbocycles. The Morgan fingerprint density at radius 3 is 0.657 bits per heavy atom. The van der Waals surface area contributed by atoms with Crippen LogP contribution < -0.4 is 22.1 Å². The van der Waals surface area contributed by atoms with Crippen molar-refractivity contribution in [2.75, 3.05) is 39.3 Å². The zero-order valence-corrected chi connectivity index (χ0v) is 22.0. The second-order valence-electron chi connectivity index (χ2n) is 5.19. The van der Waals surface area contributed by atoms with Gasteiger partial charge in [-0.1, -0.05) is 0 Å². The summed E-state index contributed by atoms with van der Waals surface area (Å²) in [5, 5.41) is 50.8. The molecule has 12 N–H and O–H groups in total. The van der Waals surface area contributed by atoms with Gasteiger partial charge in [0.25, 0.3) is 35.8 Å². The Morgan fingerprint density at radius 1 is 0.457 bits per heavy atom. The molecule has 0 aromatic heterocycles. The van der Waals surface area contributed by atoms with E-state index < -0.39 is 35.8 Å². The quantitative estimate of drug-likeness (QED) is 0.126. The van der Waals surface area contributed by atoms with E-state index in [2.05, 4.69) is 10.6 Å². The van der Waals surface area contributed by atoms with Crippen molar-refractivity contribution in [1.82, 2.24) is 10.6 Å². The van der Waals surface area contributed by atoms with Crippen molar-refractivity contribution in [2.24, 2.45) is 11.5 Å². The molecule has 35 heavy (non-hydrogen) atoms. The fraction of sp³-hybridized carbons (Fsp3) is 0.667. The van der Waals surface area contributed by atoms with Gasteiger partial charge in [0.1, 0.15) is 0 Å². The Balaban J connectivity index is -0.0000000423. The van der Waals surface area contributed by atoms with E-state index in [0.29, 0.717) is 13.1 Å². The van der Waals surface area contributed by atoms with Gasteiger partial charge in [0.05, 0.1) is 0 Å². The summed E-state index contributed by atoms with van der Waals surface area (Å²) < 4.78 is 0. The molecule has 0 aliphatic carbocycles. The van der Waals surface area contributed by atoms with Gasteiger partial charge in [-0.2, -0.15) is 0 Å². The van der Waals surface area contributed by atoms with Crippen LogP contribution >= 0.6 is 0 Å². The van der Waals surface area contributed by atoms with Gasteiger partial charge < -0.3 is 52.7 Å². The summed E-state index contributed by atoms with van der Waals surface area (Å²) in [4.78, 5) is 54.0. The minimum atomic E-state index is -0.833. The average Bonchev–Trinajstić information content (AvgIpc) is 2.55. The number of hydrogen-bond donors (Lipinski definition) is 10.